The SMILES string of the molecule is CC1CC(C)C(C)C[N+]2(CCCC2)C1. The molecule has 1 nitrogen and oxygen atoms in total. The minimum absolute atomic E-state index is 0.943. The molecular weight excluding hydrogens is 170 g/mol. The normalized spacial score (nSPS) is 42.6. The summed E-state index contributed by atoms with van der Waals surface area (Å²) in [5.41, 5.74) is 0. The van der Waals surface area contributed by atoms with Crippen LogP contribution in [0.25, 0.3) is 0 Å². The van der Waals surface area contributed by atoms with Crippen LogP contribution in [0.1, 0.15) is 40.0 Å². The van der Waals surface area contributed by atoms with E-state index < -0.39 is 0 Å². The van der Waals surface area contributed by atoms with E-state index in [0.29, 0.717) is 0 Å². The van der Waals surface area contributed by atoms with Gasteiger partial charge in [-0.05, 0) is 12.3 Å². The molecule has 2 aliphatic rings. The van der Waals surface area contributed by atoms with Gasteiger partial charge in [-0.25, -0.2) is 0 Å². The van der Waals surface area contributed by atoms with Crippen molar-refractivity contribution < 1.29 is 4.48 Å². The van der Waals surface area contributed by atoms with Gasteiger partial charge in [0.05, 0.1) is 26.2 Å². The molecule has 14 heavy (non-hydrogen) atoms. The maximum atomic E-state index is 2.47. The van der Waals surface area contributed by atoms with Crippen molar-refractivity contribution in [2.24, 2.45) is 17.8 Å². The summed E-state index contributed by atoms with van der Waals surface area (Å²) in [5, 5.41) is 0. The Morgan fingerprint density at radius 2 is 1.50 bits per heavy atom. The van der Waals surface area contributed by atoms with E-state index in [-0.39, 0.29) is 0 Å². The minimum atomic E-state index is 0.943. The van der Waals surface area contributed by atoms with Crippen molar-refractivity contribution in [2.75, 3.05) is 26.2 Å². The molecule has 0 amide bonds. The van der Waals surface area contributed by atoms with Gasteiger partial charge in [-0.3, -0.25) is 0 Å². The topological polar surface area (TPSA) is 0 Å². The number of rotatable bonds is 0. The van der Waals surface area contributed by atoms with Crippen LogP contribution in [0, 0.1) is 17.8 Å². The lowest BCUT2D eigenvalue weighted by Crippen LogP contribution is -2.49. The van der Waals surface area contributed by atoms with Gasteiger partial charge in [-0.15, -0.1) is 0 Å². The Bertz CT molecular complexity index is 193. The van der Waals surface area contributed by atoms with E-state index in [1.807, 2.05) is 0 Å². The molecule has 0 saturated carbocycles. The van der Waals surface area contributed by atoms with Crippen LogP contribution in [0.15, 0.2) is 0 Å². The van der Waals surface area contributed by atoms with E-state index >= 15 is 0 Å². The van der Waals surface area contributed by atoms with Gasteiger partial charge >= 0.3 is 0 Å². The molecule has 3 unspecified atom stereocenters. The van der Waals surface area contributed by atoms with Gasteiger partial charge in [-0.1, -0.05) is 20.8 Å². The lowest BCUT2D eigenvalue weighted by Gasteiger charge is -2.36. The number of quaternary nitrogens is 1. The highest BCUT2D eigenvalue weighted by atomic mass is 15.4. The first-order valence-electron chi connectivity index (χ1n) is 6.46. The number of hydrogen-bond donors (Lipinski definition) is 0. The van der Waals surface area contributed by atoms with Crippen LogP contribution < -0.4 is 0 Å². The summed E-state index contributed by atoms with van der Waals surface area (Å²) < 4.78 is 1.46. The first-order valence-corrected chi connectivity index (χ1v) is 6.46. The Morgan fingerprint density at radius 1 is 0.857 bits per heavy atom. The second-order valence-electron chi connectivity index (χ2n) is 6.16. The predicted octanol–water partition coefficient (Wildman–Crippen LogP) is 2.91. The summed E-state index contributed by atoms with van der Waals surface area (Å²) in [5.74, 6) is 2.84. The number of nitrogens with zero attached hydrogens (tertiary/aromatic N) is 1. The zero-order valence-electron chi connectivity index (χ0n) is 10.1. The Morgan fingerprint density at radius 3 is 2.14 bits per heavy atom. The molecule has 0 bridgehead atoms. The van der Waals surface area contributed by atoms with Crippen LogP contribution in [0.4, 0.5) is 0 Å². The third-order valence-corrected chi connectivity index (χ3v) is 4.63. The summed E-state index contributed by atoms with van der Waals surface area (Å²) in [6.45, 7) is 13.3. The quantitative estimate of drug-likeness (QED) is 0.523. The van der Waals surface area contributed by atoms with Gasteiger partial charge in [0.1, 0.15) is 0 Å². The van der Waals surface area contributed by atoms with Gasteiger partial charge in [0, 0.05) is 24.7 Å². The van der Waals surface area contributed by atoms with Gasteiger partial charge < -0.3 is 4.48 Å². The first kappa shape index (κ1) is 10.5. The maximum Gasteiger partial charge on any atom is 0.0815 e. The molecule has 0 aromatic carbocycles. The highest BCUT2D eigenvalue weighted by Crippen LogP contribution is 2.33. The fourth-order valence-electron chi connectivity index (χ4n) is 3.84. The average Bonchev–Trinajstić information content (AvgIpc) is 2.48. The minimum Gasteiger partial charge on any atom is -0.323 e. The van der Waals surface area contributed by atoms with Gasteiger partial charge in [0.15, 0.2) is 0 Å². The molecule has 0 aromatic heterocycles. The van der Waals surface area contributed by atoms with Crippen LogP contribution in [0.5, 0.6) is 0 Å². The van der Waals surface area contributed by atoms with Crippen molar-refractivity contribution in [1.82, 2.24) is 0 Å². The smallest absolute Gasteiger partial charge is 0.0815 e. The van der Waals surface area contributed by atoms with Gasteiger partial charge in [0.2, 0.25) is 0 Å². The highest BCUT2D eigenvalue weighted by molar-refractivity contribution is 4.72. The van der Waals surface area contributed by atoms with Crippen molar-refractivity contribution >= 4 is 0 Å². The second-order valence-corrected chi connectivity index (χ2v) is 6.16. The Labute approximate surface area is 89.1 Å². The molecule has 2 rings (SSSR count). The molecule has 2 heterocycles. The third-order valence-electron chi connectivity index (χ3n) is 4.63. The lowest BCUT2D eigenvalue weighted by atomic mass is 9.89. The molecule has 2 aliphatic heterocycles. The maximum absolute atomic E-state index is 2.47. The molecule has 1 spiro atoms. The number of hydrogen-bond acceptors (Lipinski definition) is 0. The largest absolute Gasteiger partial charge is 0.323 e. The van der Waals surface area contributed by atoms with Crippen LogP contribution in [-0.4, -0.2) is 30.7 Å². The predicted molar refractivity (Wildman–Crippen MR) is 61.1 cm³/mol. The fraction of sp³-hybridized carbons (Fsp3) is 1.00. The highest BCUT2D eigenvalue weighted by Gasteiger charge is 2.39. The van der Waals surface area contributed by atoms with E-state index in [2.05, 4.69) is 20.8 Å². The Balaban J connectivity index is 2.11. The van der Waals surface area contributed by atoms with E-state index in [0.717, 1.165) is 17.8 Å². The van der Waals surface area contributed by atoms with Crippen molar-refractivity contribution in [3.63, 3.8) is 0 Å². The summed E-state index contributed by atoms with van der Waals surface area (Å²) >= 11 is 0. The summed E-state index contributed by atoms with van der Waals surface area (Å²) in [4.78, 5) is 0. The van der Waals surface area contributed by atoms with Crippen LogP contribution in [0.3, 0.4) is 0 Å². The monoisotopic (exact) mass is 196 g/mol. The molecule has 2 saturated heterocycles. The Kier molecular flexibility index (Phi) is 2.88. The molecule has 82 valence electrons. The van der Waals surface area contributed by atoms with Crippen molar-refractivity contribution in [3.8, 4) is 0 Å². The van der Waals surface area contributed by atoms with Crippen LogP contribution in [0.2, 0.25) is 0 Å². The molecule has 2 fully saturated rings. The van der Waals surface area contributed by atoms with Gasteiger partial charge in [-0.2, -0.15) is 0 Å². The van der Waals surface area contributed by atoms with Crippen molar-refractivity contribution in [1.29, 1.82) is 0 Å². The summed E-state index contributed by atoms with van der Waals surface area (Å²) in [6, 6.07) is 0. The summed E-state index contributed by atoms with van der Waals surface area (Å²) in [7, 11) is 0. The van der Waals surface area contributed by atoms with Crippen LogP contribution in [-0.2, 0) is 0 Å². The standard InChI is InChI=1S/C13H26N/c1-11-8-12(2)13(3)10-14(9-11)6-4-5-7-14/h11-13H,4-10H2,1-3H3/q+1. The fourth-order valence-corrected chi connectivity index (χ4v) is 3.84. The van der Waals surface area contributed by atoms with E-state index in [1.54, 1.807) is 0 Å². The lowest BCUT2D eigenvalue weighted by molar-refractivity contribution is -0.921. The van der Waals surface area contributed by atoms with E-state index in [9.17, 15) is 0 Å². The van der Waals surface area contributed by atoms with E-state index in [4.69, 9.17) is 0 Å². The molecule has 0 aliphatic carbocycles. The van der Waals surface area contributed by atoms with Crippen LogP contribution >= 0.6 is 0 Å². The van der Waals surface area contributed by atoms with Crippen molar-refractivity contribution in [2.45, 2.75) is 40.0 Å². The molecule has 0 N–H and O–H groups in total. The molecule has 1 heteroatoms. The van der Waals surface area contributed by atoms with E-state index in [1.165, 1.54) is 49.9 Å². The third kappa shape index (κ3) is 1.98. The first-order chi connectivity index (χ1) is 6.61. The van der Waals surface area contributed by atoms with Gasteiger partial charge in [0.25, 0.3) is 0 Å². The zero-order valence-corrected chi connectivity index (χ0v) is 10.1. The van der Waals surface area contributed by atoms with Crippen molar-refractivity contribution in [3.05, 3.63) is 0 Å². The molecule has 0 radical (unpaired) electrons. The second kappa shape index (κ2) is 3.84. The summed E-state index contributed by atoms with van der Waals surface area (Å²) in [6.07, 6.45) is 4.42. The molecule has 0 aromatic rings. The molecular formula is C13H26N+. The zero-order chi connectivity index (χ0) is 10.2. The average molecular weight is 196 g/mol. The molecule has 3 atom stereocenters. The Hall–Kier alpha value is -0.0400.